The van der Waals surface area contributed by atoms with Crippen LogP contribution in [0, 0.1) is 31.6 Å². The van der Waals surface area contributed by atoms with Gasteiger partial charge in [-0.3, -0.25) is 14.5 Å². The van der Waals surface area contributed by atoms with Crippen LogP contribution in [0.25, 0.3) is 0 Å². The third kappa shape index (κ3) is 7.27. The SMILES string of the molecule is Cc1ccc(C)c(N2CC(C)(C)N(C[C@H](N)[C@@H](O)C[C@H](C(=O)NCC(C)C)C(C)C)CC2=O)c1. The molecule has 0 spiro atoms. The largest absolute Gasteiger partial charge is 0.391 e. The number of nitrogens with two attached hydrogens (primary N) is 1. The average Bonchev–Trinajstić information content (AvgIpc) is 2.74. The maximum absolute atomic E-state index is 13.1. The molecule has 4 N–H and O–H groups in total. The van der Waals surface area contributed by atoms with Gasteiger partial charge in [-0.05, 0) is 63.1 Å². The summed E-state index contributed by atoms with van der Waals surface area (Å²) < 4.78 is 0. The lowest BCUT2D eigenvalue weighted by molar-refractivity contribution is -0.127. The van der Waals surface area contributed by atoms with Crippen LogP contribution in [-0.4, -0.2) is 65.7 Å². The highest BCUT2D eigenvalue weighted by molar-refractivity contribution is 5.96. The average molecular weight is 475 g/mol. The number of hydrogen-bond acceptors (Lipinski definition) is 5. The van der Waals surface area contributed by atoms with Gasteiger partial charge in [-0.1, -0.05) is 39.8 Å². The lowest BCUT2D eigenvalue weighted by Crippen LogP contribution is -2.64. The Hall–Kier alpha value is -1.96. The fraction of sp³-hybridized carbons (Fsp3) is 0.704. The number of aryl methyl sites for hydroxylation is 2. The molecule has 0 aromatic heterocycles. The Morgan fingerprint density at radius 3 is 2.44 bits per heavy atom. The first kappa shape index (κ1) is 28.3. The molecule has 3 atom stereocenters. The highest BCUT2D eigenvalue weighted by Gasteiger charge is 2.40. The topological polar surface area (TPSA) is 98.9 Å². The van der Waals surface area contributed by atoms with Crippen molar-refractivity contribution >= 4 is 17.5 Å². The Labute approximate surface area is 206 Å². The summed E-state index contributed by atoms with van der Waals surface area (Å²) in [6, 6.07) is 5.61. The minimum absolute atomic E-state index is 0.0304. The van der Waals surface area contributed by atoms with Crippen molar-refractivity contribution in [3.05, 3.63) is 29.3 Å². The monoisotopic (exact) mass is 474 g/mol. The van der Waals surface area contributed by atoms with Gasteiger partial charge >= 0.3 is 0 Å². The number of carbonyl (C=O) groups excluding carboxylic acids is 2. The highest BCUT2D eigenvalue weighted by atomic mass is 16.3. The van der Waals surface area contributed by atoms with E-state index >= 15 is 0 Å². The van der Waals surface area contributed by atoms with Crippen molar-refractivity contribution in [1.29, 1.82) is 0 Å². The van der Waals surface area contributed by atoms with Crippen molar-refractivity contribution in [3.8, 4) is 0 Å². The minimum atomic E-state index is -0.833. The summed E-state index contributed by atoms with van der Waals surface area (Å²) in [5.41, 5.74) is 9.26. The predicted octanol–water partition coefficient (Wildman–Crippen LogP) is 2.85. The van der Waals surface area contributed by atoms with E-state index in [-0.39, 0.29) is 35.7 Å². The molecular formula is C27H46N4O3. The zero-order chi connectivity index (χ0) is 25.8. The number of aliphatic hydroxyl groups is 1. The third-order valence-electron chi connectivity index (χ3n) is 6.93. The smallest absolute Gasteiger partial charge is 0.241 e. The predicted molar refractivity (Wildman–Crippen MR) is 139 cm³/mol. The first-order chi connectivity index (χ1) is 15.7. The summed E-state index contributed by atoms with van der Waals surface area (Å²) in [7, 11) is 0. The van der Waals surface area contributed by atoms with Gasteiger partial charge in [0.2, 0.25) is 11.8 Å². The van der Waals surface area contributed by atoms with Gasteiger partial charge in [0.25, 0.3) is 0 Å². The summed E-state index contributed by atoms with van der Waals surface area (Å²) in [5.74, 6) is 0.144. The van der Waals surface area contributed by atoms with Crippen molar-refractivity contribution in [2.45, 2.75) is 79.5 Å². The van der Waals surface area contributed by atoms with E-state index in [9.17, 15) is 14.7 Å². The molecular weight excluding hydrogens is 428 g/mol. The van der Waals surface area contributed by atoms with Gasteiger partial charge in [0.05, 0.1) is 12.6 Å². The summed E-state index contributed by atoms with van der Waals surface area (Å²) in [6.45, 7) is 18.1. The number of carbonyl (C=O) groups is 2. The Morgan fingerprint density at radius 1 is 1.21 bits per heavy atom. The Morgan fingerprint density at radius 2 is 1.85 bits per heavy atom. The molecule has 0 aliphatic carbocycles. The fourth-order valence-electron chi connectivity index (χ4n) is 4.51. The lowest BCUT2D eigenvalue weighted by atomic mass is 9.86. The molecule has 1 aliphatic heterocycles. The molecule has 7 nitrogen and oxygen atoms in total. The van der Waals surface area contributed by atoms with E-state index < -0.39 is 12.1 Å². The van der Waals surface area contributed by atoms with Crippen molar-refractivity contribution in [3.63, 3.8) is 0 Å². The number of nitrogens with one attached hydrogen (secondary N) is 1. The van der Waals surface area contributed by atoms with Gasteiger partial charge in [0.1, 0.15) is 0 Å². The highest BCUT2D eigenvalue weighted by Crippen LogP contribution is 2.30. The minimum Gasteiger partial charge on any atom is -0.391 e. The van der Waals surface area contributed by atoms with Crippen LogP contribution in [0.15, 0.2) is 18.2 Å². The Kier molecular flexibility index (Phi) is 9.69. The Balaban J connectivity index is 2.06. The van der Waals surface area contributed by atoms with E-state index in [2.05, 4.69) is 50.0 Å². The molecule has 0 unspecified atom stereocenters. The van der Waals surface area contributed by atoms with Crippen LogP contribution in [0.4, 0.5) is 5.69 Å². The number of amides is 2. The van der Waals surface area contributed by atoms with Crippen LogP contribution in [0.3, 0.4) is 0 Å². The van der Waals surface area contributed by atoms with E-state index in [0.29, 0.717) is 32.0 Å². The van der Waals surface area contributed by atoms with Crippen LogP contribution in [-0.2, 0) is 9.59 Å². The number of aliphatic hydroxyl groups excluding tert-OH is 1. The second kappa shape index (κ2) is 11.6. The van der Waals surface area contributed by atoms with Crippen molar-refractivity contribution in [2.24, 2.45) is 23.5 Å². The van der Waals surface area contributed by atoms with E-state index in [0.717, 1.165) is 16.8 Å². The maximum atomic E-state index is 13.1. The van der Waals surface area contributed by atoms with Gasteiger partial charge in [-0.2, -0.15) is 0 Å². The molecule has 1 aliphatic rings. The van der Waals surface area contributed by atoms with Crippen LogP contribution in [0.5, 0.6) is 0 Å². The second-order valence-corrected chi connectivity index (χ2v) is 11.4. The molecule has 1 fully saturated rings. The number of piperazine rings is 1. The molecule has 1 aromatic carbocycles. The number of nitrogens with zero attached hydrogens (tertiary/aromatic N) is 2. The molecule has 0 radical (unpaired) electrons. The van der Waals surface area contributed by atoms with Crippen molar-refractivity contribution < 1.29 is 14.7 Å². The molecule has 1 saturated heterocycles. The number of hydrogen-bond donors (Lipinski definition) is 3. The normalized spacial score (nSPS) is 19.4. The number of rotatable bonds is 10. The molecule has 192 valence electrons. The van der Waals surface area contributed by atoms with Crippen LogP contribution in [0.2, 0.25) is 0 Å². The molecule has 7 heteroatoms. The fourth-order valence-corrected chi connectivity index (χ4v) is 4.51. The third-order valence-corrected chi connectivity index (χ3v) is 6.93. The molecule has 0 saturated carbocycles. The standard InChI is InChI=1S/C27H46N4O3/c1-17(2)13-29-26(34)21(18(3)4)12-24(32)22(28)14-30-15-25(33)31(16-27(30,7)8)23-11-19(5)9-10-20(23)6/h9-11,17-18,21-22,24,32H,12-16,28H2,1-8H3,(H,29,34)/t21-,22-,24-/m0/s1. The number of anilines is 1. The lowest BCUT2D eigenvalue weighted by Gasteiger charge is -2.48. The van der Waals surface area contributed by atoms with Gasteiger partial charge in [-0.15, -0.1) is 0 Å². The van der Waals surface area contributed by atoms with Crippen molar-refractivity contribution in [2.75, 3.05) is 31.1 Å². The molecule has 2 rings (SSSR count). The molecule has 1 heterocycles. The molecule has 1 aromatic rings. The van der Waals surface area contributed by atoms with Gasteiger partial charge in [0.15, 0.2) is 0 Å². The Bertz CT molecular complexity index is 852. The molecule has 34 heavy (non-hydrogen) atoms. The summed E-state index contributed by atoms with van der Waals surface area (Å²) >= 11 is 0. The molecule has 0 bridgehead atoms. The summed E-state index contributed by atoms with van der Waals surface area (Å²) in [6.07, 6.45) is -0.528. The van der Waals surface area contributed by atoms with E-state index in [1.165, 1.54) is 0 Å². The first-order valence-electron chi connectivity index (χ1n) is 12.6. The first-order valence-corrected chi connectivity index (χ1v) is 12.6. The quantitative estimate of drug-likeness (QED) is 0.484. The van der Waals surface area contributed by atoms with Crippen LogP contribution >= 0.6 is 0 Å². The van der Waals surface area contributed by atoms with E-state index in [1.54, 1.807) is 0 Å². The summed E-state index contributed by atoms with van der Waals surface area (Å²) in [5, 5.41) is 13.9. The van der Waals surface area contributed by atoms with E-state index in [4.69, 9.17) is 5.73 Å². The molecule has 2 amide bonds. The van der Waals surface area contributed by atoms with Gasteiger partial charge in [0, 0.05) is 42.8 Å². The zero-order valence-electron chi connectivity index (χ0n) is 22.4. The zero-order valence-corrected chi connectivity index (χ0v) is 22.4. The maximum Gasteiger partial charge on any atom is 0.241 e. The van der Waals surface area contributed by atoms with Crippen molar-refractivity contribution in [1.82, 2.24) is 10.2 Å². The van der Waals surface area contributed by atoms with Crippen LogP contribution in [0.1, 0.15) is 59.1 Å². The van der Waals surface area contributed by atoms with Gasteiger partial charge in [-0.25, -0.2) is 0 Å². The van der Waals surface area contributed by atoms with E-state index in [1.807, 2.05) is 38.7 Å². The van der Waals surface area contributed by atoms with Crippen LogP contribution < -0.4 is 16.0 Å². The number of benzene rings is 1. The van der Waals surface area contributed by atoms with Gasteiger partial charge < -0.3 is 21.1 Å². The summed E-state index contributed by atoms with van der Waals surface area (Å²) in [4.78, 5) is 29.7. The second-order valence-electron chi connectivity index (χ2n) is 11.4.